The zero-order valence-electron chi connectivity index (χ0n) is 5.71. The van der Waals surface area contributed by atoms with Gasteiger partial charge >= 0.3 is 0 Å². The maximum absolute atomic E-state index is 5.55. The lowest BCUT2D eigenvalue weighted by molar-refractivity contribution is 0.363. The maximum Gasteiger partial charge on any atom is 0.142 e. The van der Waals surface area contributed by atoms with Crippen molar-refractivity contribution in [2.24, 2.45) is 0 Å². The second-order valence-electron chi connectivity index (χ2n) is 1.89. The Bertz CT molecular complexity index is 210. The minimum atomic E-state index is 0.411. The molecule has 1 aromatic carbocycles. The van der Waals surface area contributed by atoms with E-state index in [2.05, 4.69) is 6.92 Å². The smallest absolute Gasteiger partial charge is 0.142 e. The van der Waals surface area contributed by atoms with E-state index in [1.165, 1.54) is 0 Å². The number of ether oxygens (including phenoxy) is 1. The van der Waals surface area contributed by atoms with Gasteiger partial charge in [-0.05, 0) is 19.1 Å². The van der Waals surface area contributed by atoms with Crippen molar-refractivity contribution < 1.29 is 4.74 Å². The monoisotopic (exact) mass is 136 g/mol. The molecule has 0 saturated heterocycles. The van der Waals surface area contributed by atoms with E-state index >= 15 is 0 Å². The molecule has 1 radical (unpaired) electrons. The molecular formula is C8H10NO. The number of benzene rings is 1. The molecular weight excluding hydrogens is 126 g/mol. The lowest BCUT2D eigenvalue weighted by Crippen LogP contribution is -1.95. The standard InChI is InChI=1S/C8H10NO/c1-2-10-8-6-4-3-5-7(8)9/h3-6H,1-2,9H2. The molecule has 0 fully saturated rings. The summed E-state index contributed by atoms with van der Waals surface area (Å²) >= 11 is 0. The minimum absolute atomic E-state index is 0.411. The predicted octanol–water partition coefficient (Wildman–Crippen LogP) is 1.48. The van der Waals surface area contributed by atoms with Gasteiger partial charge in [-0.15, -0.1) is 0 Å². The Morgan fingerprint density at radius 1 is 1.40 bits per heavy atom. The van der Waals surface area contributed by atoms with E-state index in [9.17, 15) is 0 Å². The van der Waals surface area contributed by atoms with Crippen LogP contribution in [0, 0.1) is 6.92 Å². The topological polar surface area (TPSA) is 35.2 Å². The predicted molar refractivity (Wildman–Crippen MR) is 41.7 cm³/mol. The molecule has 0 unspecified atom stereocenters. The van der Waals surface area contributed by atoms with Crippen LogP contribution in [0.1, 0.15) is 0 Å². The average molecular weight is 136 g/mol. The molecule has 0 spiro atoms. The van der Waals surface area contributed by atoms with Gasteiger partial charge in [0.25, 0.3) is 0 Å². The minimum Gasteiger partial charge on any atom is -0.491 e. The lowest BCUT2D eigenvalue weighted by Gasteiger charge is -2.04. The van der Waals surface area contributed by atoms with Gasteiger partial charge in [-0.3, -0.25) is 0 Å². The molecule has 2 heteroatoms. The van der Waals surface area contributed by atoms with Crippen LogP contribution in [0.15, 0.2) is 24.3 Å². The van der Waals surface area contributed by atoms with Gasteiger partial charge in [0, 0.05) is 0 Å². The van der Waals surface area contributed by atoms with Crippen molar-refractivity contribution in [3.05, 3.63) is 31.2 Å². The molecule has 2 nitrogen and oxygen atoms in total. The summed E-state index contributed by atoms with van der Waals surface area (Å²) in [6.45, 7) is 3.96. The van der Waals surface area contributed by atoms with Crippen LogP contribution in [0.5, 0.6) is 5.75 Å². The van der Waals surface area contributed by atoms with Gasteiger partial charge in [0.15, 0.2) is 0 Å². The van der Waals surface area contributed by atoms with Gasteiger partial charge in [0.1, 0.15) is 5.75 Å². The Labute approximate surface area is 60.6 Å². The van der Waals surface area contributed by atoms with Crippen LogP contribution in [-0.2, 0) is 0 Å². The lowest BCUT2D eigenvalue weighted by atomic mass is 10.3. The number of hydrogen-bond donors (Lipinski definition) is 1. The number of hydrogen-bond acceptors (Lipinski definition) is 2. The fourth-order valence-electron chi connectivity index (χ4n) is 0.722. The highest BCUT2D eigenvalue weighted by atomic mass is 16.5. The summed E-state index contributed by atoms with van der Waals surface area (Å²) in [5.41, 5.74) is 6.21. The molecule has 0 atom stereocenters. The first kappa shape index (κ1) is 6.93. The van der Waals surface area contributed by atoms with E-state index < -0.39 is 0 Å². The second-order valence-corrected chi connectivity index (χ2v) is 1.89. The number of nitrogens with two attached hydrogens (primary N) is 1. The van der Waals surface area contributed by atoms with E-state index in [1.807, 2.05) is 18.2 Å². The second kappa shape index (κ2) is 3.11. The molecule has 0 amide bonds. The number of para-hydroxylation sites is 2. The highest BCUT2D eigenvalue weighted by molar-refractivity contribution is 5.51. The van der Waals surface area contributed by atoms with Crippen molar-refractivity contribution in [2.45, 2.75) is 0 Å². The fraction of sp³-hybridized carbons (Fsp3) is 0.125. The average Bonchev–Trinajstić information content (AvgIpc) is 1.94. The quantitative estimate of drug-likeness (QED) is 0.625. The molecule has 0 aromatic heterocycles. The highest BCUT2D eigenvalue weighted by Crippen LogP contribution is 2.18. The Balaban J connectivity index is 2.81. The number of rotatable bonds is 2. The molecule has 1 rings (SSSR count). The summed E-state index contributed by atoms with van der Waals surface area (Å²) in [7, 11) is 0. The van der Waals surface area contributed by atoms with Gasteiger partial charge in [-0.2, -0.15) is 0 Å². The first-order valence-corrected chi connectivity index (χ1v) is 3.11. The van der Waals surface area contributed by atoms with E-state index in [0.717, 1.165) is 0 Å². The highest BCUT2D eigenvalue weighted by Gasteiger charge is 1.93. The van der Waals surface area contributed by atoms with Crippen molar-refractivity contribution in [1.82, 2.24) is 0 Å². The van der Waals surface area contributed by atoms with Gasteiger partial charge in [-0.25, -0.2) is 0 Å². The molecule has 0 heterocycles. The first-order valence-electron chi connectivity index (χ1n) is 3.11. The van der Waals surface area contributed by atoms with Gasteiger partial charge in [-0.1, -0.05) is 12.1 Å². The molecule has 0 aliphatic heterocycles. The van der Waals surface area contributed by atoms with Crippen molar-refractivity contribution in [1.29, 1.82) is 0 Å². The van der Waals surface area contributed by atoms with E-state index in [0.29, 0.717) is 18.0 Å². The van der Waals surface area contributed by atoms with Crippen molar-refractivity contribution in [2.75, 3.05) is 12.3 Å². The normalized spacial score (nSPS) is 9.30. The van der Waals surface area contributed by atoms with Crippen LogP contribution in [0.3, 0.4) is 0 Å². The summed E-state index contributed by atoms with van der Waals surface area (Å²) in [5.74, 6) is 0.706. The van der Waals surface area contributed by atoms with E-state index in [1.54, 1.807) is 6.07 Å². The third kappa shape index (κ3) is 1.41. The zero-order valence-corrected chi connectivity index (χ0v) is 5.71. The van der Waals surface area contributed by atoms with Gasteiger partial charge in [0.2, 0.25) is 0 Å². The largest absolute Gasteiger partial charge is 0.491 e. The molecule has 0 aliphatic carbocycles. The van der Waals surface area contributed by atoms with Gasteiger partial charge < -0.3 is 10.5 Å². The summed E-state index contributed by atoms with van der Waals surface area (Å²) in [6.07, 6.45) is 0. The fourth-order valence-corrected chi connectivity index (χ4v) is 0.722. The summed E-state index contributed by atoms with van der Waals surface area (Å²) in [6, 6.07) is 7.36. The molecule has 0 saturated carbocycles. The Morgan fingerprint density at radius 2 is 2.10 bits per heavy atom. The van der Waals surface area contributed by atoms with Crippen LogP contribution in [0.4, 0.5) is 5.69 Å². The number of anilines is 1. The van der Waals surface area contributed by atoms with Crippen LogP contribution in [-0.4, -0.2) is 6.61 Å². The summed E-state index contributed by atoms with van der Waals surface area (Å²) in [4.78, 5) is 0. The van der Waals surface area contributed by atoms with Gasteiger partial charge in [0.05, 0.1) is 12.3 Å². The Kier molecular flexibility index (Phi) is 2.15. The first-order chi connectivity index (χ1) is 4.84. The van der Waals surface area contributed by atoms with Crippen molar-refractivity contribution in [3.63, 3.8) is 0 Å². The molecule has 0 bridgehead atoms. The maximum atomic E-state index is 5.55. The Hall–Kier alpha value is -1.18. The third-order valence-corrected chi connectivity index (χ3v) is 1.18. The van der Waals surface area contributed by atoms with E-state index in [-0.39, 0.29) is 0 Å². The Morgan fingerprint density at radius 3 is 2.70 bits per heavy atom. The number of nitrogen functional groups attached to an aromatic ring is 1. The summed E-state index contributed by atoms with van der Waals surface area (Å²) in [5, 5.41) is 0. The van der Waals surface area contributed by atoms with E-state index in [4.69, 9.17) is 10.5 Å². The molecule has 10 heavy (non-hydrogen) atoms. The molecule has 0 aliphatic rings. The third-order valence-electron chi connectivity index (χ3n) is 1.18. The van der Waals surface area contributed by atoms with Crippen LogP contribution in [0.25, 0.3) is 0 Å². The van der Waals surface area contributed by atoms with Crippen LogP contribution in [0.2, 0.25) is 0 Å². The van der Waals surface area contributed by atoms with Crippen LogP contribution >= 0.6 is 0 Å². The molecule has 1 aromatic rings. The zero-order chi connectivity index (χ0) is 7.40. The summed E-state index contributed by atoms with van der Waals surface area (Å²) < 4.78 is 5.10. The molecule has 2 N–H and O–H groups in total. The molecule has 53 valence electrons. The van der Waals surface area contributed by atoms with Crippen LogP contribution < -0.4 is 10.5 Å². The van der Waals surface area contributed by atoms with Crippen molar-refractivity contribution >= 4 is 5.69 Å². The van der Waals surface area contributed by atoms with Crippen molar-refractivity contribution in [3.8, 4) is 5.75 Å². The SMILES string of the molecule is [CH2]COc1ccccc1N.